The molecule has 0 unspecified atom stereocenters. The van der Waals surface area contributed by atoms with Gasteiger partial charge in [0.1, 0.15) is 12.1 Å². The summed E-state index contributed by atoms with van der Waals surface area (Å²) in [4.78, 5) is 21.8. The summed E-state index contributed by atoms with van der Waals surface area (Å²) in [5.41, 5.74) is 9.35. The molecule has 0 radical (unpaired) electrons. The van der Waals surface area contributed by atoms with Gasteiger partial charge in [-0.3, -0.25) is 4.98 Å². The summed E-state index contributed by atoms with van der Waals surface area (Å²) in [5, 5.41) is 5.46. The van der Waals surface area contributed by atoms with Gasteiger partial charge in [-0.05, 0) is 34.9 Å². The number of rotatable bonds is 5. The Kier molecular flexibility index (Phi) is 5.27. The first-order valence-corrected chi connectivity index (χ1v) is 10.4. The van der Waals surface area contributed by atoms with Gasteiger partial charge in [-0.2, -0.15) is 9.50 Å². The Balaban J connectivity index is 1.84. The van der Waals surface area contributed by atoms with E-state index in [4.69, 9.17) is 26.8 Å². The zero-order chi connectivity index (χ0) is 22.9. The summed E-state index contributed by atoms with van der Waals surface area (Å²) in [6, 6.07) is 18.9. The van der Waals surface area contributed by atoms with E-state index in [9.17, 15) is 4.79 Å². The summed E-state index contributed by atoms with van der Waals surface area (Å²) in [7, 11) is 1.29. The van der Waals surface area contributed by atoms with Crippen molar-refractivity contribution in [3.8, 4) is 16.9 Å². The number of hydrogen-bond acceptors (Lipinski definition) is 7. The van der Waals surface area contributed by atoms with Crippen LogP contribution in [0.25, 0.3) is 27.7 Å². The quantitative estimate of drug-likeness (QED) is 0.384. The predicted molar refractivity (Wildman–Crippen MR) is 125 cm³/mol. The van der Waals surface area contributed by atoms with Crippen LogP contribution in [-0.4, -0.2) is 32.7 Å². The molecule has 0 saturated carbocycles. The SMILES string of the molecule is COC(=O)c1c(OCc2ccccc2)c2nccc(-c3cccc(Cl)c3)c2c2nc(N)nn12. The second kappa shape index (κ2) is 8.40. The summed E-state index contributed by atoms with van der Waals surface area (Å²) < 4.78 is 12.6. The number of hydrogen-bond donors (Lipinski definition) is 1. The topological polar surface area (TPSA) is 105 Å². The van der Waals surface area contributed by atoms with Crippen LogP contribution in [0.2, 0.25) is 5.02 Å². The van der Waals surface area contributed by atoms with Gasteiger partial charge in [0.15, 0.2) is 17.1 Å². The standard InChI is InChI=1S/C24H18ClN5O3/c1-32-23(31)20-21(33-13-14-6-3-2-4-7-14)19-18(22-28-24(26)29-30(20)22)17(10-11-27-19)15-8-5-9-16(25)12-15/h2-12H,13H2,1H3,(H2,26,29). The number of carbonyl (C=O) groups is 1. The van der Waals surface area contributed by atoms with Crippen molar-refractivity contribution in [2.45, 2.75) is 6.61 Å². The zero-order valence-corrected chi connectivity index (χ0v) is 18.3. The predicted octanol–water partition coefficient (Wildman–Crippen LogP) is 4.55. The van der Waals surface area contributed by atoms with Gasteiger partial charge in [-0.25, -0.2) is 4.79 Å². The van der Waals surface area contributed by atoms with E-state index in [-0.39, 0.29) is 24.0 Å². The lowest BCUT2D eigenvalue weighted by atomic mass is 10.0. The number of fused-ring (bicyclic) bond motifs is 3. The van der Waals surface area contributed by atoms with Crippen LogP contribution in [0.15, 0.2) is 66.9 Å². The molecule has 0 bridgehead atoms. The first kappa shape index (κ1) is 20.7. The number of aromatic nitrogens is 4. The summed E-state index contributed by atoms with van der Waals surface area (Å²) in [6.07, 6.45) is 1.64. The highest BCUT2D eigenvalue weighted by atomic mass is 35.5. The van der Waals surface area contributed by atoms with Gasteiger partial charge in [0, 0.05) is 11.2 Å². The van der Waals surface area contributed by atoms with E-state index < -0.39 is 5.97 Å². The van der Waals surface area contributed by atoms with Crippen molar-refractivity contribution in [3.63, 3.8) is 0 Å². The van der Waals surface area contributed by atoms with E-state index in [1.54, 1.807) is 12.3 Å². The summed E-state index contributed by atoms with van der Waals surface area (Å²) in [5.74, 6) is -0.422. The molecule has 3 heterocycles. The van der Waals surface area contributed by atoms with E-state index in [1.165, 1.54) is 11.6 Å². The van der Waals surface area contributed by atoms with Crippen LogP contribution < -0.4 is 10.5 Å². The molecule has 5 rings (SSSR count). The Labute approximate surface area is 193 Å². The highest BCUT2D eigenvalue weighted by Crippen LogP contribution is 2.38. The van der Waals surface area contributed by atoms with Crippen molar-refractivity contribution in [2.75, 3.05) is 12.8 Å². The lowest BCUT2D eigenvalue weighted by Crippen LogP contribution is -2.14. The number of pyridine rings is 2. The van der Waals surface area contributed by atoms with Crippen LogP contribution >= 0.6 is 11.6 Å². The molecule has 33 heavy (non-hydrogen) atoms. The average molecular weight is 460 g/mol. The number of carbonyl (C=O) groups excluding carboxylic acids is 1. The number of halogens is 1. The van der Waals surface area contributed by atoms with Crippen LogP contribution in [0.5, 0.6) is 5.75 Å². The molecule has 164 valence electrons. The molecule has 2 aromatic carbocycles. The number of esters is 1. The molecule has 5 aromatic rings. The van der Waals surface area contributed by atoms with Gasteiger partial charge in [-0.15, -0.1) is 5.10 Å². The van der Waals surface area contributed by atoms with E-state index >= 15 is 0 Å². The average Bonchev–Trinajstić information content (AvgIpc) is 3.23. The maximum atomic E-state index is 12.8. The van der Waals surface area contributed by atoms with E-state index in [0.717, 1.165) is 16.7 Å². The molecule has 0 saturated heterocycles. The fourth-order valence-corrected chi connectivity index (χ4v) is 3.94. The molecular formula is C24H18ClN5O3. The van der Waals surface area contributed by atoms with Crippen molar-refractivity contribution in [2.24, 2.45) is 0 Å². The minimum atomic E-state index is -0.648. The lowest BCUT2D eigenvalue weighted by Gasteiger charge is -2.16. The highest BCUT2D eigenvalue weighted by Gasteiger charge is 2.27. The third-order valence-electron chi connectivity index (χ3n) is 5.18. The van der Waals surface area contributed by atoms with E-state index in [2.05, 4.69) is 15.1 Å². The van der Waals surface area contributed by atoms with Crippen molar-refractivity contribution in [3.05, 3.63) is 83.1 Å². The van der Waals surface area contributed by atoms with Gasteiger partial charge in [0.25, 0.3) is 0 Å². The largest absolute Gasteiger partial charge is 0.484 e. The molecule has 8 nitrogen and oxygen atoms in total. The Hall–Kier alpha value is -4.17. The molecule has 0 aliphatic heterocycles. The Morgan fingerprint density at radius 2 is 1.94 bits per heavy atom. The number of nitrogen functional groups attached to an aromatic ring is 1. The number of nitrogens with zero attached hydrogens (tertiary/aromatic N) is 4. The van der Waals surface area contributed by atoms with E-state index in [1.807, 2.05) is 54.6 Å². The van der Waals surface area contributed by atoms with Crippen molar-refractivity contribution >= 4 is 40.1 Å². The second-order valence-electron chi connectivity index (χ2n) is 7.24. The fraction of sp³-hybridized carbons (Fsp3) is 0.0833. The van der Waals surface area contributed by atoms with E-state index in [0.29, 0.717) is 21.6 Å². The summed E-state index contributed by atoms with van der Waals surface area (Å²) >= 11 is 6.25. The lowest BCUT2D eigenvalue weighted by molar-refractivity contribution is 0.0585. The minimum Gasteiger partial charge on any atom is -0.484 e. The summed E-state index contributed by atoms with van der Waals surface area (Å²) in [6.45, 7) is 0.207. The van der Waals surface area contributed by atoms with Gasteiger partial charge >= 0.3 is 5.97 Å². The second-order valence-corrected chi connectivity index (χ2v) is 7.68. The third kappa shape index (κ3) is 3.70. The number of anilines is 1. The van der Waals surface area contributed by atoms with Crippen LogP contribution in [-0.2, 0) is 11.3 Å². The minimum absolute atomic E-state index is 0.00237. The first-order valence-electron chi connectivity index (χ1n) is 10.0. The fourth-order valence-electron chi connectivity index (χ4n) is 3.75. The number of benzene rings is 2. The Bertz CT molecular complexity index is 1500. The van der Waals surface area contributed by atoms with Gasteiger partial charge in [-0.1, -0.05) is 54.1 Å². The number of nitrogens with two attached hydrogens (primary N) is 1. The Morgan fingerprint density at radius 1 is 1.12 bits per heavy atom. The molecule has 9 heteroatoms. The first-order chi connectivity index (χ1) is 16.1. The molecule has 0 atom stereocenters. The monoisotopic (exact) mass is 459 g/mol. The van der Waals surface area contributed by atoms with Crippen LogP contribution in [0, 0.1) is 0 Å². The van der Waals surface area contributed by atoms with Gasteiger partial charge in [0.2, 0.25) is 5.95 Å². The molecule has 0 aliphatic carbocycles. The highest BCUT2D eigenvalue weighted by molar-refractivity contribution is 6.31. The smallest absolute Gasteiger partial charge is 0.360 e. The van der Waals surface area contributed by atoms with Crippen molar-refractivity contribution < 1.29 is 14.3 Å². The molecule has 0 aliphatic rings. The maximum Gasteiger partial charge on any atom is 0.360 e. The molecule has 3 aromatic heterocycles. The molecule has 0 fully saturated rings. The maximum absolute atomic E-state index is 12.8. The normalized spacial score (nSPS) is 11.1. The van der Waals surface area contributed by atoms with Crippen LogP contribution in [0.4, 0.5) is 5.95 Å². The van der Waals surface area contributed by atoms with Gasteiger partial charge < -0.3 is 15.2 Å². The Morgan fingerprint density at radius 3 is 2.70 bits per heavy atom. The van der Waals surface area contributed by atoms with Crippen molar-refractivity contribution in [1.29, 1.82) is 0 Å². The van der Waals surface area contributed by atoms with Crippen LogP contribution in [0.1, 0.15) is 16.1 Å². The third-order valence-corrected chi connectivity index (χ3v) is 5.42. The van der Waals surface area contributed by atoms with Crippen LogP contribution in [0.3, 0.4) is 0 Å². The molecule has 0 spiro atoms. The number of ether oxygens (including phenoxy) is 2. The van der Waals surface area contributed by atoms with Crippen molar-refractivity contribution in [1.82, 2.24) is 19.6 Å². The number of methoxy groups -OCH3 is 1. The molecule has 0 amide bonds. The molecular weight excluding hydrogens is 442 g/mol. The van der Waals surface area contributed by atoms with Gasteiger partial charge in [0.05, 0.1) is 12.5 Å². The molecule has 2 N–H and O–H groups in total. The zero-order valence-electron chi connectivity index (χ0n) is 17.5.